The molecule has 2 heterocycles. The van der Waals surface area contributed by atoms with Gasteiger partial charge in [0.2, 0.25) is 5.91 Å². The van der Waals surface area contributed by atoms with Crippen molar-refractivity contribution in [1.29, 1.82) is 0 Å². The van der Waals surface area contributed by atoms with Gasteiger partial charge in [-0.1, -0.05) is 13.0 Å². The van der Waals surface area contributed by atoms with Gasteiger partial charge in [-0.25, -0.2) is 14.6 Å². The van der Waals surface area contributed by atoms with E-state index in [0.29, 0.717) is 17.9 Å². The Hall–Kier alpha value is -2.96. The molecule has 7 heteroatoms. The lowest BCUT2D eigenvalue weighted by molar-refractivity contribution is -0.120. The highest BCUT2D eigenvalue weighted by Gasteiger charge is 2.12. The van der Waals surface area contributed by atoms with Gasteiger partial charge in [-0.15, -0.1) is 0 Å². The molecule has 124 valence electrons. The monoisotopic (exact) mass is 324 g/mol. The van der Waals surface area contributed by atoms with Crippen LogP contribution in [0.3, 0.4) is 0 Å². The fraction of sp³-hybridized carbons (Fsp3) is 0.294. The maximum Gasteiger partial charge on any atom is 0.238 e. The summed E-state index contributed by atoms with van der Waals surface area (Å²) in [6.07, 6.45) is 4.40. The molecular weight excluding hydrogens is 304 g/mol. The van der Waals surface area contributed by atoms with E-state index >= 15 is 0 Å². The van der Waals surface area contributed by atoms with Crippen molar-refractivity contribution in [3.8, 4) is 5.69 Å². The van der Waals surface area contributed by atoms with Crippen LogP contribution in [0.5, 0.6) is 0 Å². The smallest absolute Gasteiger partial charge is 0.238 e. The van der Waals surface area contributed by atoms with Gasteiger partial charge in [0.25, 0.3) is 0 Å². The SMILES string of the molecule is CCCC(=O)NNc1ncnc2c1cnn2-c1ccc(C)c(C)c1. The first-order chi connectivity index (χ1) is 11.6. The first-order valence-electron chi connectivity index (χ1n) is 7.91. The van der Waals surface area contributed by atoms with Crippen LogP contribution in [-0.4, -0.2) is 25.7 Å². The van der Waals surface area contributed by atoms with Crippen molar-refractivity contribution >= 4 is 22.8 Å². The molecule has 0 atom stereocenters. The van der Waals surface area contributed by atoms with Crippen molar-refractivity contribution in [2.75, 3.05) is 5.43 Å². The number of benzene rings is 1. The number of hydrogen-bond acceptors (Lipinski definition) is 5. The van der Waals surface area contributed by atoms with Gasteiger partial charge in [-0.3, -0.25) is 15.6 Å². The summed E-state index contributed by atoms with van der Waals surface area (Å²) < 4.78 is 1.77. The highest BCUT2D eigenvalue weighted by atomic mass is 16.2. The zero-order valence-corrected chi connectivity index (χ0v) is 14.0. The number of carbonyl (C=O) groups is 1. The number of nitrogens with one attached hydrogen (secondary N) is 2. The minimum Gasteiger partial charge on any atom is -0.281 e. The number of nitrogens with zero attached hydrogens (tertiary/aromatic N) is 4. The average molecular weight is 324 g/mol. The molecule has 24 heavy (non-hydrogen) atoms. The molecule has 3 rings (SSSR count). The number of hydrogen-bond donors (Lipinski definition) is 2. The van der Waals surface area contributed by atoms with Crippen LogP contribution in [0.1, 0.15) is 30.9 Å². The largest absolute Gasteiger partial charge is 0.281 e. The summed E-state index contributed by atoms with van der Waals surface area (Å²) in [6, 6.07) is 6.14. The zero-order chi connectivity index (χ0) is 17.1. The molecule has 0 aliphatic carbocycles. The Kier molecular flexibility index (Phi) is 4.41. The summed E-state index contributed by atoms with van der Waals surface area (Å²) in [5.74, 6) is 0.449. The Morgan fingerprint density at radius 2 is 2.04 bits per heavy atom. The molecular formula is C17H20N6O. The van der Waals surface area contributed by atoms with Crippen LogP contribution in [0.25, 0.3) is 16.7 Å². The predicted molar refractivity (Wildman–Crippen MR) is 92.8 cm³/mol. The summed E-state index contributed by atoms with van der Waals surface area (Å²) >= 11 is 0. The van der Waals surface area contributed by atoms with Crippen LogP contribution in [0.15, 0.2) is 30.7 Å². The molecule has 0 saturated heterocycles. The van der Waals surface area contributed by atoms with E-state index in [9.17, 15) is 4.79 Å². The van der Waals surface area contributed by atoms with Gasteiger partial charge >= 0.3 is 0 Å². The first kappa shape index (κ1) is 15.9. The highest BCUT2D eigenvalue weighted by molar-refractivity contribution is 5.88. The third kappa shape index (κ3) is 3.05. The lowest BCUT2D eigenvalue weighted by Gasteiger charge is -2.08. The number of aromatic nitrogens is 4. The quantitative estimate of drug-likeness (QED) is 0.705. The van der Waals surface area contributed by atoms with E-state index in [1.165, 1.54) is 17.5 Å². The van der Waals surface area contributed by atoms with E-state index in [1.54, 1.807) is 10.9 Å². The first-order valence-corrected chi connectivity index (χ1v) is 7.91. The van der Waals surface area contributed by atoms with Crippen LogP contribution >= 0.6 is 0 Å². The fourth-order valence-corrected chi connectivity index (χ4v) is 2.41. The molecule has 0 aliphatic rings. The van der Waals surface area contributed by atoms with Gasteiger partial charge in [0, 0.05) is 6.42 Å². The number of rotatable bonds is 5. The van der Waals surface area contributed by atoms with Gasteiger partial charge in [-0.2, -0.15) is 5.10 Å². The van der Waals surface area contributed by atoms with Gasteiger partial charge in [-0.05, 0) is 43.5 Å². The molecule has 0 saturated carbocycles. The zero-order valence-electron chi connectivity index (χ0n) is 14.0. The van der Waals surface area contributed by atoms with E-state index in [4.69, 9.17) is 0 Å². The van der Waals surface area contributed by atoms with E-state index in [2.05, 4.69) is 51.9 Å². The van der Waals surface area contributed by atoms with Crippen LogP contribution in [-0.2, 0) is 4.79 Å². The van der Waals surface area contributed by atoms with E-state index in [-0.39, 0.29) is 5.91 Å². The van der Waals surface area contributed by atoms with Gasteiger partial charge in [0.15, 0.2) is 11.5 Å². The summed E-state index contributed by atoms with van der Waals surface area (Å²) in [7, 11) is 0. The Bertz CT molecular complexity index is 886. The maximum atomic E-state index is 11.6. The standard InChI is InChI=1S/C17H20N6O/c1-4-5-15(24)21-22-16-14-9-20-23(17(14)19-10-18-16)13-7-6-11(2)12(3)8-13/h6-10H,4-5H2,1-3H3,(H,21,24)(H,18,19,22). The second kappa shape index (κ2) is 6.66. The van der Waals surface area contributed by atoms with Crippen LogP contribution in [0.2, 0.25) is 0 Å². The third-order valence-electron chi connectivity index (χ3n) is 3.90. The fourth-order valence-electron chi connectivity index (χ4n) is 2.41. The van der Waals surface area contributed by atoms with Gasteiger partial charge in [0.1, 0.15) is 6.33 Å². The number of anilines is 1. The van der Waals surface area contributed by atoms with Crippen LogP contribution in [0, 0.1) is 13.8 Å². The van der Waals surface area contributed by atoms with E-state index in [1.807, 2.05) is 13.0 Å². The van der Waals surface area contributed by atoms with Crippen LogP contribution < -0.4 is 10.9 Å². The van der Waals surface area contributed by atoms with Crippen molar-refractivity contribution < 1.29 is 4.79 Å². The van der Waals surface area contributed by atoms with Gasteiger partial charge in [0.05, 0.1) is 17.3 Å². The number of carbonyl (C=O) groups excluding carboxylic acids is 1. The number of fused-ring (bicyclic) bond motifs is 1. The van der Waals surface area contributed by atoms with Gasteiger partial charge < -0.3 is 0 Å². The van der Waals surface area contributed by atoms with Crippen molar-refractivity contribution in [2.45, 2.75) is 33.6 Å². The van der Waals surface area contributed by atoms with E-state index in [0.717, 1.165) is 17.5 Å². The molecule has 3 aromatic rings. The molecule has 0 bridgehead atoms. The lowest BCUT2D eigenvalue weighted by Crippen LogP contribution is -2.29. The molecule has 2 N–H and O–H groups in total. The summed E-state index contributed by atoms with van der Waals surface area (Å²) in [5, 5.41) is 5.16. The maximum absolute atomic E-state index is 11.6. The number of hydrazine groups is 1. The molecule has 2 aromatic heterocycles. The molecule has 0 aliphatic heterocycles. The van der Waals surface area contributed by atoms with Crippen molar-refractivity contribution in [2.24, 2.45) is 0 Å². The van der Waals surface area contributed by atoms with E-state index < -0.39 is 0 Å². The molecule has 0 fully saturated rings. The molecule has 7 nitrogen and oxygen atoms in total. The highest BCUT2D eigenvalue weighted by Crippen LogP contribution is 2.22. The number of amides is 1. The molecule has 0 unspecified atom stereocenters. The molecule has 0 spiro atoms. The molecule has 1 aromatic carbocycles. The minimum atomic E-state index is -0.0780. The Balaban J connectivity index is 1.94. The summed E-state index contributed by atoms with van der Waals surface area (Å²) in [6.45, 7) is 6.09. The Labute approximate surface area is 140 Å². The molecule has 1 amide bonds. The van der Waals surface area contributed by atoms with Crippen molar-refractivity contribution in [1.82, 2.24) is 25.2 Å². The minimum absolute atomic E-state index is 0.0780. The number of aryl methyl sites for hydroxylation is 2. The second-order valence-electron chi connectivity index (χ2n) is 5.71. The van der Waals surface area contributed by atoms with Crippen molar-refractivity contribution in [3.05, 3.63) is 41.9 Å². The van der Waals surface area contributed by atoms with Crippen LogP contribution in [0.4, 0.5) is 5.82 Å². The topological polar surface area (TPSA) is 84.7 Å². The Morgan fingerprint density at radius 3 is 2.79 bits per heavy atom. The predicted octanol–water partition coefficient (Wildman–Crippen LogP) is 2.68. The summed E-state index contributed by atoms with van der Waals surface area (Å²) in [4.78, 5) is 20.1. The summed E-state index contributed by atoms with van der Waals surface area (Å²) in [5.41, 5.74) is 9.53. The Morgan fingerprint density at radius 1 is 1.21 bits per heavy atom. The molecule has 0 radical (unpaired) electrons. The third-order valence-corrected chi connectivity index (χ3v) is 3.90. The lowest BCUT2D eigenvalue weighted by atomic mass is 10.1. The second-order valence-corrected chi connectivity index (χ2v) is 5.71. The average Bonchev–Trinajstić information content (AvgIpc) is 3.00. The van der Waals surface area contributed by atoms with Crippen molar-refractivity contribution in [3.63, 3.8) is 0 Å². The normalized spacial score (nSPS) is 10.8.